The average molecular weight is 221 g/mol. The second kappa shape index (κ2) is 4.53. The molecule has 3 nitrogen and oxygen atoms in total. The number of hydrogen-bond donors (Lipinski definition) is 2. The Labute approximate surface area is 90.5 Å². The second-order valence-corrected chi connectivity index (χ2v) is 4.00. The molecule has 4 heteroatoms. The van der Waals surface area contributed by atoms with Crippen molar-refractivity contribution >= 4 is 22.0 Å². The summed E-state index contributed by atoms with van der Waals surface area (Å²) < 4.78 is 21.6. The molecule has 78 valence electrons. The highest BCUT2D eigenvalue weighted by Gasteiger charge is 2.00. The Balaban J connectivity index is 2.38. The van der Waals surface area contributed by atoms with E-state index >= 15 is 0 Å². The van der Waals surface area contributed by atoms with Crippen LogP contribution in [-0.4, -0.2) is 8.76 Å². The molecule has 2 rings (SSSR count). The Morgan fingerprint density at radius 3 is 2.67 bits per heavy atom. The van der Waals surface area contributed by atoms with E-state index in [9.17, 15) is 4.21 Å². The van der Waals surface area contributed by atoms with Gasteiger partial charge in [-0.2, -0.15) is 0 Å². The molecule has 0 aliphatic carbocycles. The van der Waals surface area contributed by atoms with Crippen LogP contribution in [0.2, 0.25) is 0 Å². The van der Waals surface area contributed by atoms with Gasteiger partial charge >= 0.3 is 0 Å². The van der Waals surface area contributed by atoms with Crippen LogP contribution in [0.1, 0.15) is 5.56 Å². The molecule has 0 radical (unpaired) electrons. The zero-order valence-corrected chi connectivity index (χ0v) is 8.83. The van der Waals surface area contributed by atoms with Crippen molar-refractivity contribution < 1.29 is 8.76 Å². The van der Waals surface area contributed by atoms with Crippen LogP contribution in [0, 0.1) is 0 Å². The van der Waals surface area contributed by atoms with Gasteiger partial charge in [0.05, 0.1) is 0 Å². The van der Waals surface area contributed by atoms with Gasteiger partial charge in [-0.25, -0.2) is 8.93 Å². The molecule has 0 aromatic heterocycles. The fourth-order valence-corrected chi connectivity index (χ4v) is 1.87. The fourth-order valence-electron chi connectivity index (χ4n) is 1.59. The molecule has 0 spiro atoms. The van der Waals surface area contributed by atoms with Crippen molar-refractivity contribution in [1.82, 2.24) is 4.72 Å². The van der Waals surface area contributed by atoms with Gasteiger partial charge in [-0.3, -0.25) is 4.55 Å². The summed E-state index contributed by atoms with van der Waals surface area (Å²) in [7, 11) is 0. The van der Waals surface area contributed by atoms with Crippen LogP contribution in [0.3, 0.4) is 0 Å². The molecule has 2 aromatic rings. The molecule has 1 unspecified atom stereocenters. The first kappa shape index (κ1) is 10.3. The number of hydrogen-bond acceptors (Lipinski definition) is 1. The van der Waals surface area contributed by atoms with Crippen LogP contribution >= 0.6 is 0 Å². The number of nitrogens with one attached hydrogen (secondary N) is 1. The zero-order chi connectivity index (χ0) is 10.7. The van der Waals surface area contributed by atoms with E-state index in [2.05, 4.69) is 4.72 Å². The van der Waals surface area contributed by atoms with Gasteiger partial charge in [0.25, 0.3) is 0 Å². The van der Waals surface area contributed by atoms with E-state index in [1.807, 2.05) is 42.5 Å². The average Bonchev–Trinajstić information content (AvgIpc) is 2.26. The standard InChI is InChI=1S/C11H11NO2S/c13-15(14)12-8-10-6-3-5-9-4-1-2-7-11(9)10/h1-7,12H,8H2,(H,13,14). The third kappa shape index (κ3) is 2.41. The number of fused-ring (bicyclic) bond motifs is 1. The predicted octanol–water partition coefficient (Wildman–Crippen LogP) is 2.07. The summed E-state index contributed by atoms with van der Waals surface area (Å²) in [5.74, 6) is 0. The van der Waals surface area contributed by atoms with Crippen molar-refractivity contribution in [3.05, 3.63) is 48.0 Å². The number of benzene rings is 2. The normalized spacial score (nSPS) is 12.9. The second-order valence-electron chi connectivity index (χ2n) is 3.21. The Bertz CT molecular complexity index is 493. The molecule has 1 atom stereocenters. The lowest BCUT2D eigenvalue weighted by Gasteiger charge is -2.05. The SMILES string of the molecule is O=S(O)NCc1cccc2ccccc12. The van der Waals surface area contributed by atoms with E-state index < -0.39 is 11.3 Å². The van der Waals surface area contributed by atoms with Crippen LogP contribution < -0.4 is 4.72 Å². The Kier molecular flexibility index (Phi) is 3.11. The third-order valence-corrected chi connectivity index (χ3v) is 2.66. The smallest absolute Gasteiger partial charge is 0.232 e. The van der Waals surface area contributed by atoms with Gasteiger partial charge in [-0.1, -0.05) is 42.5 Å². The van der Waals surface area contributed by atoms with Gasteiger partial charge in [0.1, 0.15) is 0 Å². The molecule has 2 aromatic carbocycles. The molecular weight excluding hydrogens is 210 g/mol. The highest BCUT2D eigenvalue weighted by Crippen LogP contribution is 2.18. The maximum atomic E-state index is 10.5. The van der Waals surface area contributed by atoms with Gasteiger partial charge in [0.15, 0.2) is 0 Å². The maximum Gasteiger partial charge on any atom is 0.232 e. The lowest BCUT2D eigenvalue weighted by atomic mass is 10.1. The molecule has 0 fully saturated rings. The van der Waals surface area contributed by atoms with Crippen LogP contribution in [0.5, 0.6) is 0 Å². The fraction of sp³-hybridized carbons (Fsp3) is 0.0909. The van der Waals surface area contributed by atoms with Gasteiger partial charge in [-0.15, -0.1) is 0 Å². The zero-order valence-electron chi connectivity index (χ0n) is 8.01. The molecule has 0 amide bonds. The molecule has 0 heterocycles. The lowest BCUT2D eigenvalue weighted by Crippen LogP contribution is -2.15. The summed E-state index contributed by atoms with van der Waals surface area (Å²) in [5, 5.41) is 2.25. The highest BCUT2D eigenvalue weighted by molar-refractivity contribution is 7.77. The minimum atomic E-state index is -1.96. The number of rotatable bonds is 3. The first-order valence-corrected chi connectivity index (χ1v) is 5.69. The lowest BCUT2D eigenvalue weighted by molar-refractivity contribution is 0.549. The quantitative estimate of drug-likeness (QED) is 0.779. The largest absolute Gasteiger partial charge is 0.294 e. The third-order valence-electron chi connectivity index (χ3n) is 2.27. The van der Waals surface area contributed by atoms with Gasteiger partial charge in [0, 0.05) is 6.54 Å². The van der Waals surface area contributed by atoms with Crippen molar-refractivity contribution in [2.75, 3.05) is 0 Å². The summed E-state index contributed by atoms with van der Waals surface area (Å²) in [5.41, 5.74) is 1.02. The van der Waals surface area contributed by atoms with Crippen molar-refractivity contribution in [3.63, 3.8) is 0 Å². The molecule has 2 N–H and O–H groups in total. The van der Waals surface area contributed by atoms with Crippen LogP contribution in [0.25, 0.3) is 10.8 Å². The molecule has 0 saturated heterocycles. The minimum absolute atomic E-state index is 0.393. The van der Waals surface area contributed by atoms with Gasteiger partial charge in [-0.05, 0) is 16.3 Å². The Hall–Kier alpha value is -1.23. The van der Waals surface area contributed by atoms with E-state index in [-0.39, 0.29) is 0 Å². The summed E-state index contributed by atoms with van der Waals surface area (Å²) in [4.78, 5) is 0. The van der Waals surface area contributed by atoms with E-state index in [4.69, 9.17) is 4.55 Å². The summed E-state index contributed by atoms with van der Waals surface area (Å²) >= 11 is -1.96. The van der Waals surface area contributed by atoms with E-state index in [1.54, 1.807) is 0 Å². The van der Waals surface area contributed by atoms with Crippen molar-refractivity contribution in [1.29, 1.82) is 0 Å². The van der Waals surface area contributed by atoms with Crippen LogP contribution in [-0.2, 0) is 17.8 Å². The molecular formula is C11H11NO2S. The van der Waals surface area contributed by atoms with Gasteiger partial charge in [0.2, 0.25) is 11.3 Å². The molecule has 0 aliphatic rings. The summed E-state index contributed by atoms with van der Waals surface area (Å²) in [6, 6.07) is 13.9. The monoisotopic (exact) mass is 221 g/mol. The van der Waals surface area contributed by atoms with Crippen LogP contribution in [0.15, 0.2) is 42.5 Å². The Morgan fingerprint density at radius 1 is 1.13 bits per heavy atom. The maximum absolute atomic E-state index is 10.5. The van der Waals surface area contributed by atoms with Gasteiger partial charge < -0.3 is 0 Å². The predicted molar refractivity (Wildman–Crippen MR) is 61.6 cm³/mol. The van der Waals surface area contributed by atoms with E-state index in [0.717, 1.165) is 16.3 Å². The van der Waals surface area contributed by atoms with Crippen molar-refractivity contribution in [3.8, 4) is 0 Å². The minimum Gasteiger partial charge on any atom is -0.294 e. The molecule has 15 heavy (non-hydrogen) atoms. The molecule has 0 saturated carbocycles. The summed E-state index contributed by atoms with van der Waals surface area (Å²) in [6.07, 6.45) is 0. The van der Waals surface area contributed by atoms with E-state index in [1.165, 1.54) is 0 Å². The molecule has 0 aliphatic heterocycles. The highest BCUT2D eigenvalue weighted by atomic mass is 32.2. The first-order valence-electron chi connectivity index (χ1n) is 4.58. The van der Waals surface area contributed by atoms with Crippen LogP contribution in [0.4, 0.5) is 0 Å². The van der Waals surface area contributed by atoms with Crippen molar-refractivity contribution in [2.24, 2.45) is 0 Å². The first-order chi connectivity index (χ1) is 7.27. The molecule has 0 bridgehead atoms. The van der Waals surface area contributed by atoms with E-state index in [0.29, 0.717) is 6.54 Å². The van der Waals surface area contributed by atoms with Crippen molar-refractivity contribution in [2.45, 2.75) is 6.54 Å². The topological polar surface area (TPSA) is 49.3 Å². The Morgan fingerprint density at radius 2 is 1.87 bits per heavy atom. The summed E-state index contributed by atoms with van der Waals surface area (Å²) in [6.45, 7) is 0.393.